The summed E-state index contributed by atoms with van der Waals surface area (Å²) in [7, 11) is 0. The van der Waals surface area contributed by atoms with Crippen molar-refractivity contribution in [3.63, 3.8) is 0 Å². The first kappa shape index (κ1) is 16.9. The van der Waals surface area contributed by atoms with Crippen molar-refractivity contribution in [2.24, 2.45) is 0 Å². The van der Waals surface area contributed by atoms with Crippen LogP contribution in [0.3, 0.4) is 0 Å². The fourth-order valence-electron chi connectivity index (χ4n) is 1.81. The smallest absolute Gasteiger partial charge is 0.318 e. The lowest BCUT2D eigenvalue weighted by molar-refractivity contribution is 0.243. The highest BCUT2D eigenvalue weighted by molar-refractivity contribution is 5.75. The Labute approximate surface area is 126 Å². The largest absolute Gasteiger partial charge is 0.490 e. The van der Waals surface area contributed by atoms with Crippen molar-refractivity contribution in [3.05, 3.63) is 36.0 Å². The Kier molecular flexibility index (Phi) is 7.15. The van der Waals surface area contributed by atoms with E-state index in [1.807, 2.05) is 32.0 Å². The molecule has 5 heteroatoms. The number of allylic oxidation sites excluding steroid dienone is 1. The zero-order valence-corrected chi connectivity index (χ0v) is 13.0. The van der Waals surface area contributed by atoms with Crippen molar-refractivity contribution in [1.29, 1.82) is 0 Å². The first-order chi connectivity index (χ1) is 10.1. The summed E-state index contributed by atoms with van der Waals surface area (Å²) in [6.45, 7) is 11.0. The zero-order chi connectivity index (χ0) is 15.7. The third-order valence-electron chi connectivity index (χ3n) is 2.63. The summed E-state index contributed by atoms with van der Waals surface area (Å²) >= 11 is 0. The van der Waals surface area contributed by atoms with Gasteiger partial charge in [0, 0.05) is 12.2 Å². The van der Waals surface area contributed by atoms with Gasteiger partial charge < -0.3 is 20.1 Å². The highest BCUT2D eigenvalue weighted by atomic mass is 16.5. The Bertz CT molecular complexity index is 486. The van der Waals surface area contributed by atoms with Crippen LogP contribution in [0, 0.1) is 0 Å². The van der Waals surface area contributed by atoms with Gasteiger partial charge in [0.15, 0.2) is 11.5 Å². The van der Waals surface area contributed by atoms with Crippen LogP contribution in [0.4, 0.5) is 4.79 Å². The van der Waals surface area contributed by atoms with Crippen LogP contribution in [0.2, 0.25) is 0 Å². The summed E-state index contributed by atoms with van der Waals surface area (Å²) < 4.78 is 11.1. The number of nitrogens with one attached hydrogen (secondary N) is 2. The van der Waals surface area contributed by atoms with Crippen LogP contribution in [0.15, 0.2) is 30.5 Å². The molecule has 2 amide bonds. The van der Waals surface area contributed by atoms with Gasteiger partial charge in [-0.1, -0.05) is 12.6 Å². The molecule has 1 aromatic carbocycles. The molecule has 0 bridgehead atoms. The molecule has 1 aromatic rings. The molecule has 0 aliphatic heterocycles. The molecule has 1 rings (SSSR count). The number of urea groups is 1. The maximum Gasteiger partial charge on any atom is 0.318 e. The van der Waals surface area contributed by atoms with Crippen molar-refractivity contribution in [2.75, 3.05) is 19.8 Å². The molecule has 0 saturated carbocycles. The van der Waals surface area contributed by atoms with E-state index in [9.17, 15) is 4.79 Å². The number of carbonyl (C=O) groups is 1. The molecule has 0 saturated heterocycles. The minimum absolute atomic E-state index is 0.238. The van der Waals surface area contributed by atoms with Gasteiger partial charge in [-0.15, -0.1) is 0 Å². The molecule has 0 aliphatic rings. The van der Waals surface area contributed by atoms with Gasteiger partial charge in [-0.3, -0.25) is 0 Å². The van der Waals surface area contributed by atoms with E-state index in [1.165, 1.54) is 0 Å². The first-order valence-corrected chi connectivity index (χ1v) is 7.15. The van der Waals surface area contributed by atoms with E-state index < -0.39 is 0 Å². The van der Waals surface area contributed by atoms with Gasteiger partial charge in [0.05, 0.1) is 13.2 Å². The molecule has 0 radical (unpaired) electrons. The molecule has 0 aromatic heterocycles. The highest BCUT2D eigenvalue weighted by Gasteiger charge is 2.06. The maximum absolute atomic E-state index is 11.4. The summed E-state index contributed by atoms with van der Waals surface area (Å²) in [4.78, 5) is 11.4. The Balaban J connectivity index is 2.57. The number of rotatable bonds is 8. The average molecular weight is 292 g/mol. The van der Waals surface area contributed by atoms with Gasteiger partial charge in [0.2, 0.25) is 0 Å². The Morgan fingerprint density at radius 3 is 2.48 bits per heavy atom. The number of hydrogen-bond donors (Lipinski definition) is 2. The SMILES string of the molecule is C=C(C)NC(=O)NCCc1ccc(OCC)c(OCC)c1. The van der Waals surface area contributed by atoms with Gasteiger partial charge >= 0.3 is 6.03 Å². The van der Waals surface area contributed by atoms with E-state index in [0.29, 0.717) is 25.5 Å². The van der Waals surface area contributed by atoms with Crippen molar-refractivity contribution in [2.45, 2.75) is 27.2 Å². The molecule has 5 nitrogen and oxygen atoms in total. The molecule has 0 fully saturated rings. The molecular formula is C16H24N2O3. The monoisotopic (exact) mass is 292 g/mol. The van der Waals surface area contributed by atoms with E-state index in [1.54, 1.807) is 6.92 Å². The molecular weight excluding hydrogens is 268 g/mol. The summed E-state index contributed by atoms with van der Waals surface area (Å²) in [5, 5.41) is 5.37. The van der Waals surface area contributed by atoms with Crippen LogP contribution in [-0.2, 0) is 6.42 Å². The fourth-order valence-corrected chi connectivity index (χ4v) is 1.81. The van der Waals surface area contributed by atoms with E-state index in [0.717, 1.165) is 23.5 Å². The maximum atomic E-state index is 11.4. The van der Waals surface area contributed by atoms with Crippen LogP contribution in [0.5, 0.6) is 11.5 Å². The van der Waals surface area contributed by atoms with Crippen LogP contribution in [0.1, 0.15) is 26.3 Å². The third kappa shape index (κ3) is 6.21. The van der Waals surface area contributed by atoms with Gasteiger partial charge in [0.1, 0.15) is 0 Å². The second-order valence-electron chi connectivity index (χ2n) is 4.56. The standard InChI is InChI=1S/C16H24N2O3/c1-5-20-14-8-7-13(11-15(14)21-6-2)9-10-17-16(19)18-12(3)4/h7-8,11H,3,5-6,9-10H2,1-2,4H3,(H2,17,18,19). The number of benzene rings is 1. The quantitative estimate of drug-likeness (QED) is 0.774. The van der Waals surface area contributed by atoms with Gasteiger partial charge in [0.25, 0.3) is 0 Å². The first-order valence-electron chi connectivity index (χ1n) is 7.15. The number of ether oxygens (including phenoxy) is 2. The average Bonchev–Trinajstić information content (AvgIpc) is 2.41. The van der Waals surface area contributed by atoms with Gasteiger partial charge in [-0.25, -0.2) is 4.79 Å². The predicted molar refractivity (Wildman–Crippen MR) is 83.8 cm³/mol. The van der Waals surface area contributed by atoms with Crippen molar-refractivity contribution >= 4 is 6.03 Å². The summed E-state index contributed by atoms with van der Waals surface area (Å²) in [6, 6.07) is 5.59. The van der Waals surface area contributed by atoms with E-state index in [-0.39, 0.29) is 6.03 Å². The molecule has 0 aliphatic carbocycles. The van der Waals surface area contributed by atoms with Crippen molar-refractivity contribution in [1.82, 2.24) is 10.6 Å². The van der Waals surface area contributed by atoms with E-state index >= 15 is 0 Å². The molecule has 116 valence electrons. The molecule has 0 atom stereocenters. The summed E-state index contributed by atoms with van der Waals surface area (Å²) in [5.41, 5.74) is 1.70. The Morgan fingerprint density at radius 2 is 1.86 bits per heavy atom. The number of carbonyl (C=O) groups excluding carboxylic acids is 1. The number of amides is 2. The fraction of sp³-hybridized carbons (Fsp3) is 0.438. The lowest BCUT2D eigenvalue weighted by atomic mass is 10.1. The Morgan fingerprint density at radius 1 is 1.19 bits per heavy atom. The lowest BCUT2D eigenvalue weighted by Gasteiger charge is -2.12. The molecule has 0 heterocycles. The zero-order valence-electron chi connectivity index (χ0n) is 13.0. The van der Waals surface area contributed by atoms with E-state index in [2.05, 4.69) is 17.2 Å². The van der Waals surface area contributed by atoms with Crippen LogP contribution < -0.4 is 20.1 Å². The van der Waals surface area contributed by atoms with Crippen LogP contribution in [0.25, 0.3) is 0 Å². The molecule has 21 heavy (non-hydrogen) atoms. The highest BCUT2D eigenvalue weighted by Crippen LogP contribution is 2.28. The minimum Gasteiger partial charge on any atom is -0.490 e. The van der Waals surface area contributed by atoms with Gasteiger partial charge in [-0.05, 0) is 44.9 Å². The van der Waals surface area contributed by atoms with E-state index in [4.69, 9.17) is 9.47 Å². The Hall–Kier alpha value is -2.17. The molecule has 0 unspecified atom stereocenters. The minimum atomic E-state index is -0.238. The second-order valence-corrected chi connectivity index (χ2v) is 4.56. The lowest BCUT2D eigenvalue weighted by Crippen LogP contribution is -2.35. The normalized spacial score (nSPS) is 9.86. The summed E-state index contributed by atoms with van der Waals surface area (Å²) in [6.07, 6.45) is 0.718. The van der Waals surface area contributed by atoms with Crippen molar-refractivity contribution < 1.29 is 14.3 Å². The van der Waals surface area contributed by atoms with Crippen LogP contribution in [-0.4, -0.2) is 25.8 Å². The van der Waals surface area contributed by atoms with Gasteiger partial charge in [-0.2, -0.15) is 0 Å². The van der Waals surface area contributed by atoms with Crippen LogP contribution >= 0.6 is 0 Å². The van der Waals surface area contributed by atoms with Crippen molar-refractivity contribution in [3.8, 4) is 11.5 Å². The number of hydrogen-bond acceptors (Lipinski definition) is 3. The topological polar surface area (TPSA) is 59.6 Å². The second kappa shape index (κ2) is 8.89. The molecule has 0 spiro atoms. The predicted octanol–water partition coefficient (Wildman–Crippen LogP) is 2.86. The summed E-state index contributed by atoms with van der Waals surface area (Å²) in [5.74, 6) is 1.49. The third-order valence-corrected chi connectivity index (χ3v) is 2.63. The molecule has 2 N–H and O–H groups in total.